The number of furan rings is 1. The van der Waals surface area contributed by atoms with Crippen LogP contribution in [0.25, 0.3) is 54.6 Å². The van der Waals surface area contributed by atoms with E-state index in [1.165, 1.54) is 27.1 Å². The van der Waals surface area contributed by atoms with Crippen molar-refractivity contribution in [1.29, 1.82) is 0 Å². The summed E-state index contributed by atoms with van der Waals surface area (Å²) >= 11 is 0. The molecule has 8 aromatic rings. The molecule has 0 amide bonds. The third-order valence-electron chi connectivity index (χ3n) is 8.71. The zero-order chi connectivity index (χ0) is 29.7. The monoisotopic (exact) mass is 577 g/mol. The van der Waals surface area contributed by atoms with Gasteiger partial charge < -0.3 is 9.73 Å². The van der Waals surface area contributed by atoms with E-state index in [1.54, 1.807) is 0 Å². The van der Waals surface area contributed by atoms with E-state index in [9.17, 15) is 0 Å². The van der Waals surface area contributed by atoms with Gasteiger partial charge in [0, 0.05) is 21.9 Å². The third-order valence-corrected chi connectivity index (χ3v) is 8.71. The van der Waals surface area contributed by atoms with E-state index >= 15 is 0 Å². The van der Waals surface area contributed by atoms with Crippen molar-refractivity contribution >= 4 is 55.2 Å². The van der Waals surface area contributed by atoms with E-state index in [0.29, 0.717) is 0 Å². The Morgan fingerprint density at radius 2 is 1.07 bits per heavy atom. The second-order valence-corrected chi connectivity index (χ2v) is 11.5. The van der Waals surface area contributed by atoms with Gasteiger partial charge in [-0.15, -0.1) is 0 Å². The van der Waals surface area contributed by atoms with Crippen LogP contribution in [0.4, 0.5) is 0 Å². The van der Waals surface area contributed by atoms with Crippen LogP contribution < -0.4 is 5.32 Å². The van der Waals surface area contributed by atoms with Crippen LogP contribution >= 0.6 is 0 Å². The van der Waals surface area contributed by atoms with Gasteiger partial charge in [0.1, 0.15) is 22.8 Å². The zero-order valence-electron chi connectivity index (χ0n) is 24.3. The molecule has 1 aliphatic heterocycles. The van der Waals surface area contributed by atoms with Crippen LogP contribution in [-0.2, 0) is 0 Å². The number of hydrogen-bond donors (Lipinski definition) is 1. The first kappa shape index (κ1) is 25.5. The number of fused-ring (bicyclic) bond motifs is 5. The summed E-state index contributed by atoms with van der Waals surface area (Å²) in [7, 11) is 0. The second kappa shape index (κ2) is 10.3. The summed E-state index contributed by atoms with van der Waals surface area (Å²) < 4.78 is 6.22. The lowest BCUT2D eigenvalue weighted by molar-refractivity contribution is 0.669. The molecular formula is C41H27N3O. The van der Waals surface area contributed by atoms with Crippen LogP contribution in [0.5, 0.6) is 0 Å². The predicted octanol–water partition coefficient (Wildman–Crippen LogP) is 10.1. The minimum atomic E-state index is -0.415. The molecule has 1 aromatic heterocycles. The fraction of sp³-hybridized carbons (Fsp3) is 0.0244. The van der Waals surface area contributed by atoms with Crippen LogP contribution in [0.1, 0.15) is 22.9 Å². The quantitative estimate of drug-likeness (QED) is 0.226. The maximum absolute atomic E-state index is 6.22. The molecule has 0 saturated carbocycles. The van der Waals surface area contributed by atoms with Crippen molar-refractivity contribution in [2.45, 2.75) is 6.17 Å². The fourth-order valence-electron chi connectivity index (χ4n) is 6.41. The Hall–Kier alpha value is -6.00. The Kier molecular flexibility index (Phi) is 5.85. The first-order valence-electron chi connectivity index (χ1n) is 15.2. The van der Waals surface area contributed by atoms with Crippen molar-refractivity contribution in [3.63, 3.8) is 0 Å². The molecule has 212 valence electrons. The molecule has 1 N–H and O–H groups in total. The molecule has 0 spiro atoms. The highest BCUT2D eigenvalue weighted by Crippen LogP contribution is 2.34. The van der Waals surface area contributed by atoms with Gasteiger partial charge in [0.05, 0.1) is 0 Å². The lowest BCUT2D eigenvalue weighted by Crippen LogP contribution is -2.36. The molecule has 0 bridgehead atoms. The van der Waals surface area contributed by atoms with Gasteiger partial charge in [0.2, 0.25) is 0 Å². The van der Waals surface area contributed by atoms with E-state index in [1.807, 2.05) is 30.3 Å². The maximum Gasteiger partial charge on any atom is 0.169 e. The van der Waals surface area contributed by atoms with Crippen molar-refractivity contribution in [2.75, 3.05) is 0 Å². The van der Waals surface area contributed by atoms with Crippen molar-refractivity contribution in [1.82, 2.24) is 5.32 Å². The fourth-order valence-corrected chi connectivity index (χ4v) is 6.41. The van der Waals surface area contributed by atoms with Gasteiger partial charge in [0.25, 0.3) is 0 Å². The largest absolute Gasteiger partial charge is 0.456 e. The van der Waals surface area contributed by atoms with Crippen molar-refractivity contribution in [3.8, 4) is 11.1 Å². The second-order valence-electron chi connectivity index (χ2n) is 11.5. The zero-order valence-corrected chi connectivity index (χ0v) is 24.3. The highest BCUT2D eigenvalue weighted by atomic mass is 16.3. The lowest BCUT2D eigenvalue weighted by atomic mass is 9.99. The molecule has 45 heavy (non-hydrogen) atoms. The van der Waals surface area contributed by atoms with Crippen LogP contribution in [0, 0.1) is 0 Å². The predicted molar refractivity (Wildman–Crippen MR) is 186 cm³/mol. The number of para-hydroxylation sites is 1. The molecule has 1 atom stereocenters. The summed E-state index contributed by atoms with van der Waals surface area (Å²) in [4.78, 5) is 10.4. The number of benzene rings is 7. The number of hydrogen-bond acceptors (Lipinski definition) is 4. The Morgan fingerprint density at radius 3 is 1.84 bits per heavy atom. The number of rotatable bonds is 4. The first-order valence-corrected chi connectivity index (χ1v) is 15.2. The van der Waals surface area contributed by atoms with Crippen LogP contribution in [0.2, 0.25) is 0 Å². The molecule has 2 heterocycles. The van der Waals surface area contributed by atoms with Gasteiger partial charge in [0.15, 0.2) is 6.17 Å². The Balaban J connectivity index is 1.16. The maximum atomic E-state index is 6.22. The summed E-state index contributed by atoms with van der Waals surface area (Å²) in [6.07, 6.45) is -0.415. The van der Waals surface area contributed by atoms with Crippen molar-refractivity contribution in [3.05, 3.63) is 168 Å². The van der Waals surface area contributed by atoms with Crippen LogP contribution in [-0.4, -0.2) is 11.7 Å². The molecule has 0 radical (unpaired) electrons. The summed E-state index contributed by atoms with van der Waals surface area (Å²) in [6, 6.07) is 52.9. The van der Waals surface area contributed by atoms with E-state index in [-0.39, 0.29) is 0 Å². The number of amidine groups is 2. The molecule has 4 heteroatoms. The van der Waals surface area contributed by atoms with E-state index in [0.717, 1.165) is 55.9 Å². The van der Waals surface area contributed by atoms with Crippen LogP contribution in [0.15, 0.2) is 166 Å². The van der Waals surface area contributed by atoms with E-state index in [2.05, 4.69) is 127 Å². The molecule has 1 aliphatic rings. The van der Waals surface area contributed by atoms with E-state index in [4.69, 9.17) is 14.4 Å². The normalized spacial score (nSPS) is 14.9. The standard InChI is InChI=1S/C41H27N3O/c1-3-10-30-24-32(22-18-26(30)8-1)28-16-20-29(21-17-28)39-42-40(33-23-19-27-9-2-4-11-31(27)25-33)44-41(43-39)35-13-7-15-37-38(35)34-12-5-6-14-36(34)45-37/h1-25,39H,(H,42,43,44). The van der Waals surface area contributed by atoms with Gasteiger partial charge in [-0.25, -0.2) is 9.98 Å². The average molecular weight is 578 g/mol. The molecular weight excluding hydrogens is 550 g/mol. The average Bonchev–Trinajstić information content (AvgIpc) is 3.50. The molecule has 1 unspecified atom stereocenters. The summed E-state index contributed by atoms with van der Waals surface area (Å²) in [5.41, 5.74) is 7.09. The van der Waals surface area contributed by atoms with Gasteiger partial charge in [-0.1, -0.05) is 127 Å². The lowest BCUT2D eigenvalue weighted by Gasteiger charge is -2.23. The summed E-state index contributed by atoms with van der Waals surface area (Å²) in [5.74, 6) is 1.56. The molecule has 0 aliphatic carbocycles. The van der Waals surface area contributed by atoms with Crippen molar-refractivity contribution < 1.29 is 4.42 Å². The molecule has 0 saturated heterocycles. The van der Waals surface area contributed by atoms with Gasteiger partial charge in [-0.05, 0) is 62.5 Å². The Labute approximate surface area is 260 Å². The smallest absolute Gasteiger partial charge is 0.169 e. The van der Waals surface area contributed by atoms with Gasteiger partial charge in [-0.2, -0.15) is 0 Å². The Morgan fingerprint density at radius 1 is 0.467 bits per heavy atom. The highest BCUT2D eigenvalue weighted by molar-refractivity contribution is 6.23. The number of nitrogens with one attached hydrogen (secondary N) is 1. The van der Waals surface area contributed by atoms with Gasteiger partial charge in [-0.3, -0.25) is 0 Å². The van der Waals surface area contributed by atoms with Gasteiger partial charge >= 0.3 is 0 Å². The van der Waals surface area contributed by atoms with Crippen LogP contribution in [0.3, 0.4) is 0 Å². The highest BCUT2D eigenvalue weighted by Gasteiger charge is 2.23. The summed E-state index contributed by atoms with van der Waals surface area (Å²) in [5, 5.41) is 10.6. The SMILES string of the molecule is c1ccc2cc(C3=NC(c4ccc(-c5ccc6ccccc6c5)cc4)N=C(c4cccc5oc6ccccc6c45)N3)ccc2c1. The molecule has 0 fully saturated rings. The van der Waals surface area contributed by atoms with E-state index < -0.39 is 6.17 Å². The molecule has 9 rings (SSSR count). The minimum absolute atomic E-state index is 0.415. The molecule has 7 aromatic carbocycles. The Bertz CT molecular complexity index is 2470. The minimum Gasteiger partial charge on any atom is -0.456 e. The number of aliphatic imine (C=N–C) groups is 2. The number of nitrogens with zero attached hydrogens (tertiary/aromatic N) is 2. The van der Waals surface area contributed by atoms with Crippen molar-refractivity contribution in [2.24, 2.45) is 9.98 Å². The third kappa shape index (κ3) is 4.47. The first-order chi connectivity index (χ1) is 22.3. The topological polar surface area (TPSA) is 49.9 Å². The molecule has 4 nitrogen and oxygen atoms in total. The summed E-state index contributed by atoms with van der Waals surface area (Å²) in [6.45, 7) is 0.